The second kappa shape index (κ2) is 14.4. The summed E-state index contributed by atoms with van der Waals surface area (Å²) in [6.45, 7) is 17.9. The van der Waals surface area contributed by atoms with Crippen LogP contribution in [0.15, 0.2) is 0 Å². The summed E-state index contributed by atoms with van der Waals surface area (Å²) in [5.74, 6) is 0.818. The van der Waals surface area contributed by atoms with Gasteiger partial charge >= 0.3 is 0 Å². The highest BCUT2D eigenvalue weighted by Crippen LogP contribution is 2.18. The summed E-state index contributed by atoms with van der Waals surface area (Å²) in [6, 6.07) is 2.87. The Morgan fingerprint density at radius 3 is 1.70 bits per heavy atom. The Morgan fingerprint density at radius 1 is 0.733 bits per heavy atom. The third kappa shape index (κ3) is 10.2. The van der Waals surface area contributed by atoms with Gasteiger partial charge in [0.05, 0.1) is 9.52 Å². The summed E-state index contributed by atoms with van der Waals surface area (Å²) in [6.07, 6.45) is 8.59. The average molecular weight is 457 g/mol. The van der Waals surface area contributed by atoms with E-state index in [1.807, 2.05) is 0 Å². The molecule has 0 N–H and O–H groups in total. The van der Waals surface area contributed by atoms with E-state index >= 15 is 0 Å². The van der Waals surface area contributed by atoms with E-state index in [0.717, 1.165) is 12.4 Å². The molecule has 0 radical (unpaired) electrons. The molecular formula is C23H52N4OSi2. The summed E-state index contributed by atoms with van der Waals surface area (Å²) >= 11 is 0. The lowest BCUT2D eigenvalue weighted by Gasteiger charge is -2.46. The van der Waals surface area contributed by atoms with Gasteiger partial charge in [0, 0.05) is 64.8 Å². The largest absolute Gasteiger partial charge is 0.418 e. The number of likely N-dealkylation sites (N-methyl/N-ethyl adjacent to an activating group) is 2. The smallest absolute Gasteiger partial charge is 0.186 e. The van der Waals surface area contributed by atoms with Gasteiger partial charge in [0.1, 0.15) is 0 Å². The van der Waals surface area contributed by atoms with Crippen LogP contribution in [0, 0.1) is 0 Å². The fraction of sp³-hybridized carbons (Fsp3) is 1.00. The van der Waals surface area contributed by atoms with Crippen LogP contribution in [-0.2, 0) is 4.43 Å². The predicted octanol–water partition coefficient (Wildman–Crippen LogP) is 2.93. The highest BCUT2D eigenvalue weighted by atomic mass is 28.4. The van der Waals surface area contributed by atoms with E-state index in [1.165, 1.54) is 103 Å². The molecule has 0 aromatic rings. The quantitative estimate of drug-likeness (QED) is 0.295. The Morgan fingerprint density at radius 2 is 1.20 bits per heavy atom. The maximum Gasteiger partial charge on any atom is 0.186 e. The first-order chi connectivity index (χ1) is 14.4. The second-order valence-corrected chi connectivity index (χ2v) is 16.7. The molecule has 5 nitrogen and oxygen atoms in total. The first-order valence-corrected chi connectivity index (χ1v) is 17.8. The zero-order valence-corrected chi connectivity index (χ0v) is 23.4. The number of hydrogen-bond donors (Lipinski definition) is 0. The molecule has 2 rings (SSSR count). The van der Waals surface area contributed by atoms with Crippen LogP contribution in [0.5, 0.6) is 0 Å². The summed E-state index contributed by atoms with van der Waals surface area (Å²) in [7, 11) is 3.14. The Kier molecular flexibility index (Phi) is 12.7. The van der Waals surface area contributed by atoms with Crippen LogP contribution in [0.4, 0.5) is 0 Å². The van der Waals surface area contributed by atoms with Gasteiger partial charge in [-0.2, -0.15) is 0 Å². The lowest BCUT2D eigenvalue weighted by Crippen LogP contribution is -2.61. The van der Waals surface area contributed by atoms with E-state index in [0.29, 0.717) is 0 Å². The van der Waals surface area contributed by atoms with Crippen molar-refractivity contribution in [1.82, 2.24) is 19.6 Å². The van der Waals surface area contributed by atoms with Gasteiger partial charge in [-0.25, -0.2) is 0 Å². The van der Waals surface area contributed by atoms with Crippen molar-refractivity contribution in [2.45, 2.75) is 76.4 Å². The van der Waals surface area contributed by atoms with Crippen LogP contribution in [0.25, 0.3) is 0 Å². The van der Waals surface area contributed by atoms with Crippen LogP contribution in [-0.4, -0.2) is 116 Å². The van der Waals surface area contributed by atoms with Crippen molar-refractivity contribution >= 4 is 17.8 Å². The third-order valence-corrected chi connectivity index (χ3v) is 12.3. The van der Waals surface area contributed by atoms with Gasteiger partial charge in [0.25, 0.3) is 0 Å². The number of nitrogens with zero attached hydrogens (tertiary/aromatic N) is 4. The molecule has 0 atom stereocenters. The van der Waals surface area contributed by atoms with E-state index in [1.54, 1.807) is 0 Å². The third-order valence-electron chi connectivity index (χ3n) is 7.19. The maximum atomic E-state index is 5.95. The molecule has 2 aliphatic rings. The minimum Gasteiger partial charge on any atom is -0.418 e. The summed E-state index contributed by atoms with van der Waals surface area (Å²) < 4.78 is 5.95. The van der Waals surface area contributed by atoms with E-state index in [2.05, 4.69) is 53.7 Å². The molecule has 0 amide bonds. The predicted molar refractivity (Wildman–Crippen MR) is 137 cm³/mol. The fourth-order valence-corrected chi connectivity index (χ4v) is 9.56. The lowest BCUT2D eigenvalue weighted by atomic mass is 10.1. The minimum atomic E-state index is -1.35. The average Bonchev–Trinajstić information content (AvgIpc) is 2.71. The van der Waals surface area contributed by atoms with Crippen LogP contribution in [0.1, 0.15) is 45.4 Å². The zero-order chi connectivity index (χ0) is 21.8. The summed E-state index contributed by atoms with van der Waals surface area (Å²) in [5, 5.41) is 0. The molecule has 0 spiro atoms. The zero-order valence-electron chi connectivity index (χ0n) is 21.0. The van der Waals surface area contributed by atoms with E-state index < -0.39 is 8.32 Å². The molecule has 0 aromatic carbocycles. The van der Waals surface area contributed by atoms with Gasteiger partial charge in [0.15, 0.2) is 8.32 Å². The topological polar surface area (TPSA) is 22.2 Å². The first kappa shape index (κ1) is 26.5. The van der Waals surface area contributed by atoms with Crippen molar-refractivity contribution in [3.63, 3.8) is 0 Å². The van der Waals surface area contributed by atoms with E-state index in [4.69, 9.17) is 4.43 Å². The number of rotatable bonds is 14. The maximum absolute atomic E-state index is 5.95. The normalized spacial score (nSPS) is 21.4. The van der Waals surface area contributed by atoms with Crippen LogP contribution >= 0.6 is 0 Å². The van der Waals surface area contributed by atoms with Crippen molar-refractivity contribution in [2.75, 3.05) is 73.1 Å². The van der Waals surface area contributed by atoms with Gasteiger partial charge in [-0.3, -0.25) is 9.80 Å². The first-order valence-electron chi connectivity index (χ1n) is 12.9. The molecule has 2 aliphatic heterocycles. The van der Waals surface area contributed by atoms with Crippen molar-refractivity contribution in [3.05, 3.63) is 0 Å². The molecule has 0 aliphatic carbocycles. The lowest BCUT2D eigenvalue weighted by molar-refractivity contribution is 0.0311. The van der Waals surface area contributed by atoms with E-state index in [9.17, 15) is 0 Å². The molecule has 0 aromatic heterocycles. The van der Waals surface area contributed by atoms with Gasteiger partial charge in [-0.1, -0.05) is 44.6 Å². The van der Waals surface area contributed by atoms with Gasteiger partial charge in [-0.15, -0.1) is 0 Å². The monoisotopic (exact) mass is 456 g/mol. The standard InChI is InChI=1S/C23H52N4OSi2/c1-6-28-30(4,5)22-12-10-8-7-9-11-21-29-23(26-17-13-24(2)14-18-26)27-19-15-25(3)16-20-27/h23H,6-22,29H2,1-5H3. The molecule has 0 bridgehead atoms. The highest BCUT2D eigenvalue weighted by Gasteiger charge is 2.29. The molecule has 0 unspecified atom stereocenters. The Balaban J connectivity index is 1.60. The molecule has 2 fully saturated rings. The van der Waals surface area contributed by atoms with Crippen molar-refractivity contribution < 1.29 is 4.43 Å². The summed E-state index contributed by atoms with van der Waals surface area (Å²) in [4.78, 5) is 10.7. The number of unbranched alkanes of at least 4 members (excludes halogenated alkanes) is 5. The SMILES string of the molecule is CCO[Si](C)(C)CCCCCCCC[SiH2]C(N1CCN(C)CC1)N1CCN(C)CC1. The Bertz CT molecular complexity index is 417. The Hall–Kier alpha value is 0.234. The van der Waals surface area contributed by atoms with Gasteiger partial charge < -0.3 is 14.2 Å². The van der Waals surface area contributed by atoms with Crippen molar-refractivity contribution in [3.8, 4) is 0 Å². The van der Waals surface area contributed by atoms with Crippen LogP contribution in [0.3, 0.4) is 0 Å². The Labute approximate surface area is 191 Å². The highest BCUT2D eigenvalue weighted by molar-refractivity contribution is 6.71. The molecule has 2 saturated heterocycles. The van der Waals surface area contributed by atoms with Gasteiger partial charge in [0.2, 0.25) is 0 Å². The summed E-state index contributed by atoms with van der Waals surface area (Å²) in [5.41, 5.74) is 0. The van der Waals surface area contributed by atoms with E-state index in [-0.39, 0.29) is 9.52 Å². The molecule has 178 valence electrons. The molecule has 30 heavy (non-hydrogen) atoms. The number of piperazine rings is 2. The fourth-order valence-electron chi connectivity index (χ4n) is 5.06. The minimum absolute atomic E-state index is 0.0629. The van der Waals surface area contributed by atoms with Crippen molar-refractivity contribution in [1.29, 1.82) is 0 Å². The van der Waals surface area contributed by atoms with Crippen LogP contribution < -0.4 is 0 Å². The second-order valence-electron chi connectivity index (χ2n) is 10.4. The van der Waals surface area contributed by atoms with Gasteiger partial charge in [-0.05, 0) is 40.2 Å². The molecule has 7 heteroatoms. The molecular weight excluding hydrogens is 404 g/mol. The molecule has 2 heterocycles. The molecule has 0 saturated carbocycles. The number of hydrogen-bond acceptors (Lipinski definition) is 5. The van der Waals surface area contributed by atoms with Crippen LogP contribution in [0.2, 0.25) is 25.2 Å². The van der Waals surface area contributed by atoms with Crippen molar-refractivity contribution in [2.24, 2.45) is 0 Å².